The Morgan fingerprint density at radius 3 is 2.66 bits per heavy atom. The number of aryl methyl sites for hydroxylation is 2. The maximum Gasteiger partial charge on any atom is 0.418 e. The van der Waals surface area contributed by atoms with E-state index in [1.165, 1.54) is 19.9 Å². The summed E-state index contributed by atoms with van der Waals surface area (Å²) in [4.78, 5) is 25.6. The first kappa shape index (κ1) is 29.7. The van der Waals surface area contributed by atoms with Crippen LogP contribution in [0.3, 0.4) is 0 Å². The molecule has 0 spiro atoms. The third kappa shape index (κ3) is 5.31. The van der Waals surface area contributed by atoms with Gasteiger partial charge in [0.05, 0.1) is 23.8 Å². The van der Waals surface area contributed by atoms with Crippen LogP contribution in [0, 0.1) is 19.7 Å². The van der Waals surface area contributed by atoms with E-state index in [0.717, 1.165) is 19.4 Å². The lowest BCUT2D eigenvalue weighted by Crippen LogP contribution is -2.32. The van der Waals surface area contributed by atoms with Gasteiger partial charge in [0.2, 0.25) is 5.88 Å². The fourth-order valence-corrected chi connectivity index (χ4v) is 6.07. The summed E-state index contributed by atoms with van der Waals surface area (Å²) in [6, 6.07) is 4.39. The molecular weight excluding hydrogens is 580 g/mol. The minimum absolute atomic E-state index is 0.0809. The topological polar surface area (TPSA) is 115 Å². The van der Waals surface area contributed by atoms with E-state index in [-0.39, 0.29) is 65.8 Å². The van der Waals surface area contributed by atoms with Gasteiger partial charge in [0.15, 0.2) is 5.82 Å². The molecule has 6 rings (SSSR count). The third-order valence-electron chi connectivity index (χ3n) is 8.29. The van der Waals surface area contributed by atoms with Crippen LogP contribution in [0.1, 0.15) is 48.3 Å². The van der Waals surface area contributed by atoms with Crippen molar-refractivity contribution in [1.29, 1.82) is 0 Å². The molecule has 1 saturated heterocycles. The van der Waals surface area contributed by atoms with E-state index in [0.29, 0.717) is 11.4 Å². The summed E-state index contributed by atoms with van der Waals surface area (Å²) in [6.07, 6.45) is -1.29. The minimum Gasteiger partial charge on any atom is -0.475 e. The lowest BCUT2D eigenvalue weighted by Gasteiger charge is -2.30. The van der Waals surface area contributed by atoms with Gasteiger partial charge in [-0.1, -0.05) is 6.07 Å². The van der Waals surface area contributed by atoms with Crippen molar-refractivity contribution in [2.75, 3.05) is 44.0 Å². The Morgan fingerprint density at radius 2 is 1.95 bits per heavy atom. The molecule has 10 nitrogen and oxygen atoms in total. The number of likely N-dealkylation sites (tertiary alicyclic amines) is 1. The molecule has 0 bridgehead atoms. The number of hydrogen-bond acceptors (Lipinski definition) is 10. The number of anilines is 2. The van der Waals surface area contributed by atoms with Gasteiger partial charge >= 0.3 is 12.2 Å². The number of nitrogens with zero attached hydrogens (tertiary/aromatic N) is 7. The molecule has 0 unspecified atom stereocenters. The SMILES string of the molecule is Cc1cc(-c2nc3c4c(nc(OC[C@@H]5CCCN5C)nc4c2F)N([C@H](C)c2cccnc2N)CCO3)c(C(F)(F)F)c(C)n1. The van der Waals surface area contributed by atoms with E-state index in [1.807, 2.05) is 24.9 Å². The average Bonchev–Trinajstić information content (AvgIpc) is 3.28. The first-order valence-corrected chi connectivity index (χ1v) is 14.3. The zero-order valence-electron chi connectivity index (χ0n) is 24.7. The van der Waals surface area contributed by atoms with Crippen LogP contribution in [0.25, 0.3) is 22.2 Å². The molecule has 2 atom stereocenters. The van der Waals surface area contributed by atoms with Gasteiger partial charge in [-0.15, -0.1) is 0 Å². The number of alkyl halides is 3. The average molecular weight is 613 g/mol. The second-order valence-corrected chi connectivity index (χ2v) is 11.2. The summed E-state index contributed by atoms with van der Waals surface area (Å²) in [5, 5.41) is 0.124. The van der Waals surface area contributed by atoms with Gasteiger partial charge in [0.25, 0.3) is 0 Å². The van der Waals surface area contributed by atoms with Crippen molar-refractivity contribution in [3.63, 3.8) is 0 Å². The van der Waals surface area contributed by atoms with Gasteiger partial charge in [-0.2, -0.15) is 23.1 Å². The van der Waals surface area contributed by atoms with Crippen molar-refractivity contribution < 1.29 is 27.0 Å². The van der Waals surface area contributed by atoms with Crippen molar-refractivity contribution >= 4 is 22.5 Å². The van der Waals surface area contributed by atoms with Crippen LogP contribution in [-0.2, 0) is 6.18 Å². The monoisotopic (exact) mass is 612 g/mol. The summed E-state index contributed by atoms with van der Waals surface area (Å²) in [7, 11) is 2.00. The van der Waals surface area contributed by atoms with Crippen LogP contribution in [0.15, 0.2) is 24.4 Å². The van der Waals surface area contributed by atoms with E-state index < -0.39 is 34.9 Å². The number of hydrogen-bond donors (Lipinski definition) is 1. The lowest BCUT2D eigenvalue weighted by atomic mass is 10.00. The molecule has 0 radical (unpaired) electrons. The third-order valence-corrected chi connectivity index (χ3v) is 8.29. The number of aromatic nitrogens is 5. The van der Waals surface area contributed by atoms with E-state index in [9.17, 15) is 13.2 Å². The second-order valence-electron chi connectivity index (χ2n) is 11.2. The molecule has 232 valence electrons. The molecule has 2 aliphatic rings. The first-order chi connectivity index (χ1) is 20.9. The van der Waals surface area contributed by atoms with Crippen molar-refractivity contribution in [3.8, 4) is 23.1 Å². The van der Waals surface area contributed by atoms with Crippen LogP contribution < -0.4 is 20.1 Å². The Balaban J connectivity index is 1.57. The quantitative estimate of drug-likeness (QED) is 0.289. The maximum absolute atomic E-state index is 16.6. The zero-order chi connectivity index (χ0) is 31.3. The number of likely N-dealkylation sites (N-methyl/N-ethyl adjacent to an activating group) is 1. The van der Waals surface area contributed by atoms with Crippen LogP contribution in [0.4, 0.5) is 29.2 Å². The standard InChI is InChI=1S/C30H32F4N8O2/c1-15-13-20(22(16(2)37-15)30(32,33)34)24-23(31)25-21-27(40-29(39-25)44-14-18-7-6-10-41(18)4)42(11-12-43-28(21)38-24)17(3)19-8-5-9-36-26(19)35/h5,8-9,13,17-18H,6-7,10-12,14H2,1-4H3,(H2,35,36)/t17-,18+/m1/s1. The second kappa shape index (κ2) is 11.3. The van der Waals surface area contributed by atoms with Gasteiger partial charge < -0.3 is 25.0 Å². The fourth-order valence-electron chi connectivity index (χ4n) is 6.07. The van der Waals surface area contributed by atoms with E-state index in [4.69, 9.17) is 20.2 Å². The van der Waals surface area contributed by atoms with Crippen molar-refractivity contribution in [2.45, 2.75) is 51.9 Å². The molecule has 44 heavy (non-hydrogen) atoms. The van der Waals surface area contributed by atoms with Crippen LogP contribution in [0.5, 0.6) is 11.9 Å². The minimum atomic E-state index is -4.81. The van der Waals surface area contributed by atoms with Crippen LogP contribution in [-0.4, -0.2) is 69.2 Å². The Labute approximate surface area is 251 Å². The summed E-state index contributed by atoms with van der Waals surface area (Å²) in [6.45, 7) is 6.22. The molecular formula is C30H32F4N8O2. The van der Waals surface area contributed by atoms with Gasteiger partial charge in [-0.3, -0.25) is 4.98 Å². The Bertz CT molecular complexity index is 1730. The normalized spacial score (nSPS) is 17.9. The van der Waals surface area contributed by atoms with E-state index in [1.54, 1.807) is 12.3 Å². The summed E-state index contributed by atoms with van der Waals surface area (Å²) in [5.74, 6) is -0.546. The molecule has 0 aromatic carbocycles. The molecule has 6 heterocycles. The first-order valence-electron chi connectivity index (χ1n) is 14.3. The number of pyridine rings is 3. The summed E-state index contributed by atoms with van der Waals surface area (Å²) < 4.78 is 71.5. The predicted octanol–water partition coefficient (Wildman–Crippen LogP) is 5.27. The maximum atomic E-state index is 16.6. The summed E-state index contributed by atoms with van der Waals surface area (Å²) in [5.41, 5.74) is 4.57. The van der Waals surface area contributed by atoms with Crippen LogP contribution in [0.2, 0.25) is 0 Å². The van der Waals surface area contributed by atoms with Crippen molar-refractivity contribution in [2.24, 2.45) is 0 Å². The zero-order valence-corrected chi connectivity index (χ0v) is 24.7. The largest absolute Gasteiger partial charge is 0.475 e. The molecule has 4 aromatic heterocycles. The molecule has 1 fully saturated rings. The van der Waals surface area contributed by atoms with Gasteiger partial charge in [-0.05, 0) is 59.3 Å². The van der Waals surface area contributed by atoms with Gasteiger partial charge in [0.1, 0.15) is 41.4 Å². The van der Waals surface area contributed by atoms with E-state index in [2.05, 4.69) is 24.8 Å². The molecule has 0 aliphatic carbocycles. The number of nitrogen functional groups attached to an aromatic ring is 1. The number of rotatable bonds is 6. The van der Waals surface area contributed by atoms with Gasteiger partial charge in [0, 0.05) is 29.1 Å². The molecule has 0 amide bonds. The Kier molecular flexibility index (Phi) is 7.64. The van der Waals surface area contributed by atoms with E-state index >= 15 is 4.39 Å². The predicted molar refractivity (Wildman–Crippen MR) is 156 cm³/mol. The van der Waals surface area contributed by atoms with Crippen LogP contribution >= 0.6 is 0 Å². The molecule has 0 saturated carbocycles. The molecule has 4 aromatic rings. The Hall–Kier alpha value is -4.33. The number of halogens is 4. The highest BCUT2D eigenvalue weighted by Crippen LogP contribution is 2.45. The fraction of sp³-hybridized carbons (Fsp3) is 0.433. The van der Waals surface area contributed by atoms with Crippen molar-refractivity contribution in [1.82, 2.24) is 29.8 Å². The molecule has 2 N–H and O–H groups in total. The Morgan fingerprint density at radius 1 is 1.16 bits per heavy atom. The lowest BCUT2D eigenvalue weighted by molar-refractivity contribution is -0.137. The van der Waals surface area contributed by atoms with Crippen molar-refractivity contribution in [3.05, 3.63) is 52.7 Å². The number of nitrogens with two attached hydrogens (primary N) is 1. The van der Waals surface area contributed by atoms with Gasteiger partial charge in [-0.25, -0.2) is 14.4 Å². The molecule has 2 aliphatic heterocycles. The summed E-state index contributed by atoms with van der Waals surface area (Å²) >= 11 is 0. The smallest absolute Gasteiger partial charge is 0.418 e. The molecule has 14 heteroatoms. The highest BCUT2D eigenvalue weighted by Gasteiger charge is 2.39. The highest BCUT2D eigenvalue weighted by molar-refractivity contribution is 5.97. The highest BCUT2D eigenvalue weighted by atomic mass is 19.4. The number of ether oxygens (including phenoxy) is 2.